The molecule has 0 saturated heterocycles. The number of pyridine rings is 1. The van der Waals surface area contributed by atoms with E-state index in [2.05, 4.69) is 10.3 Å². The maximum atomic E-state index is 14.6. The van der Waals surface area contributed by atoms with Crippen LogP contribution in [0.5, 0.6) is 5.75 Å². The quantitative estimate of drug-likeness (QED) is 0.268. The highest BCUT2D eigenvalue weighted by Crippen LogP contribution is 2.49. The second kappa shape index (κ2) is 9.46. The summed E-state index contributed by atoms with van der Waals surface area (Å²) in [4.78, 5) is 33.9. The molecule has 206 valence electrons. The standard InChI is InChI=1S/C28H23ClF2N4O4S/c1-27(11-36)12-39-24-16(27)9-21(34-22(24)13-2-5-18(30)17(29)6-13)28(38,15-3-4-15)10-33-25(37)14-7-19(31)23-20(8-14)40-26(32)35-23/h2,5-9,11,15,38H,3-4,10,12H2,1H3,(H2,32,35)(H,33,37)/t27-,28?/m0/s1. The van der Waals surface area contributed by atoms with Crippen molar-refractivity contribution < 1.29 is 28.2 Å². The van der Waals surface area contributed by atoms with Gasteiger partial charge in [0.2, 0.25) is 0 Å². The zero-order chi connectivity index (χ0) is 28.4. The molecule has 0 spiro atoms. The number of nitrogen functional groups attached to an aromatic ring is 1. The van der Waals surface area contributed by atoms with E-state index >= 15 is 0 Å². The van der Waals surface area contributed by atoms with E-state index in [1.807, 2.05) is 0 Å². The first-order valence-electron chi connectivity index (χ1n) is 12.5. The minimum absolute atomic E-state index is 0.0530. The number of aldehydes is 1. The van der Waals surface area contributed by atoms with Crippen molar-refractivity contribution in [2.45, 2.75) is 30.8 Å². The number of hydrogen-bond donors (Lipinski definition) is 3. The molecule has 1 aliphatic carbocycles. The van der Waals surface area contributed by atoms with Gasteiger partial charge in [-0.2, -0.15) is 0 Å². The molecule has 0 bridgehead atoms. The van der Waals surface area contributed by atoms with Gasteiger partial charge in [-0.1, -0.05) is 22.9 Å². The van der Waals surface area contributed by atoms with Crippen LogP contribution in [0.1, 0.15) is 41.4 Å². The van der Waals surface area contributed by atoms with Gasteiger partial charge in [0.15, 0.2) is 10.9 Å². The van der Waals surface area contributed by atoms with Crippen molar-refractivity contribution in [3.8, 4) is 17.0 Å². The molecular formula is C28H23ClF2N4O4S. The molecule has 2 aromatic carbocycles. The first kappa shape index (κ1) is 26.5. The van der Waals surface area contributed by atoms with Gasteiger partial charge in [-0.25, -0.2) is 18.7 Å². The minimum Gasteiger partial charge on any atom is -0.490 e. The van der Waals surface area contributed by atoms with Crippen LogP contribution in [0.4, 0.5) is 13.9 Å². The van der Waals surface area contributed by atoms with Gasteiger partial charge in [0.05, 0.1) is 27.4 Å². The highest BCUT2D eigenvalue weighted by atomic mass is 35.5. The molecule has 0 radical (unpaired) electrons. The fourth-order valence-corrected chi connectivity index (χ4v) is 5.99. The van der Waals surface area contributed by atoms with Crippen molar-refractivity contribution in [2.24, 2.45) is 5.92 Å². The lowest BCUT2D eigenvalue weighted by atomic mass is 9.83. The number of nitrogens with zero attached hydrogens (tertiary/aromatic N) is 2. The molecule has 2 aliphatic rings. The third kappa shape index (κ3) is 4.38. The molecule has 1 amide bonds. The lowest BCUT2D eigenvalue weighted by Gasteiger charge is -2.30. The van der Waals surface area contributed by atoms with Crippen molar-refractivity contribution in [3.05, 3.63) is 69.9 Å². The number of halogens is 3. The Labute approximate surface area is 236 Å². The number of aliphatic hydroxyl groups is 1. The number of ether oxygens (including phenoxy) is 1. The van der Waals surface area contributed by atoms with Crippen molar-refractivity contribution in [2.75, 3.05) is 18.9 Å². The van der Waals surface area contributed by atoms with E-state index in [-0.39, 0.29) is 46.0 Å². The monoisotopic (exact) mass is 584 g/mol. The molecule has 8 nitrogen and oxygen atoms in total. The van der Waals surface area contributed by atoms with E-state index < -0.39 is 28.6 Å². The van der Waals surface area contributed by atoms with Crippen molar-refractivity contribution in [3.63, 3.8) is 0 Å². The molecule has 2 aromatic heterocycles. The molecule has 1 aliphatic heterocycles. The fraction of sp³-hybridized carbons (Fsp3) is 0.286. The van der Waals surface area contributed by atoms with Crippen molar-refractivity contribution in [1.82, 2.24) is 15.3 Å². The fourth-order valence-electron chi connectivity index (χ4n) is 5.02. The molecule has 40 heavy (non-hydrogen) atoms. The van der Waals surface area contributed by atoms with Crippen LogP contribution in [-0.4, -0.2) is 40.4 Å². The van der Waals surface area contributed by atoms with E-state index in [1.165, 1.54) is 24.3 Å². The number of carbonyl (C=O) groups excluding carboxylic acids is 2. The Bertz CT molecular complexity index is 1710. The maximum absolute atomic E-state index is 14.6. The third-order valence-electron chi connectivity index (χ3n) is 7.50. The van der Waals surface area contributed by atoms with Crippen molar-refractivity contribution in [1.29, 1.82) is 0 Å². The molecule has 6 rings (SSSR count). The van der Waals surface area contributed by atoms with Gasteiger partial charge in [-0.3, -0.25) is 4.79 Å². The van der Waals surface area contributed by atoms with Crippen LogP contribution in [-0.2, 0) is 15.8 Å². The number of aromatic nitrogens is 2. The summed E-state index contributed by atoms with van der Waals surface area (Å²) >= 11 is 7.11. The van der Waals surface area contributed by atoms with E-state index in [9.17, 15) is 23.5 Å². The Balaban J connectivity index is 1.39. The summed E-state index contributed by atoms with van der Waals surface area (Å²) in [7, 11) is 0. The number of fused-ring (bicyclic) bond motifs is 2. The number of anilines is 1. The maximum Gasteiger partial charge on any atom is 0.251 e. The highest BCUT2D eigenvalue weighted by Gasteiger charge is 2.49. The van der Waals surface area contributed by atoms with Gasteiger partial charge in [-0.05, 0) is 62.1 Å². The number of nitrogens with one attached hydrogen (secondary N) is 1. The smallest absolute Gasteiger partial charge is 0.251 e. The predicted octanol–water partition coefficient (Wildman–Crippen LogP) is 4.75. The van der Waals surface area contributed by atoms with E-state index in [0.717, 1.165) is 23.7 Å². The minimum atomic E-state index is -1.62. The number of amides is 1. The average molecular weight is 585 g/mol. The number of thiazole rings is 1. The van der Waals surface area contributed by atoms with Gasteiger partial charge < -0.3 is 25.7 Å². The van der Waals surface area contributed by atoms with Crippen LogP contribution in [0, 0.1) is 17.6 Å². The molecule has 4 N–H and O–H groups in total. The largest absolute Gasteiger partial charge is 0.490 e. The van der Waals surface area contributed by atoms with E-state index in [4.69, 9.17) is 27.1 Å². The molecule has 12 heteroatoms. The highest BCUT2D eigenvalue weighted by molar-refractivity contribution is 7.22. The Hall–Kier alpha value is -3.67. The first-order chi connectivity index (χ1) is 19.0. The van der Waals surface area contributed by atoms with Gasteiger partial charge >= 0.3 is 0 Å². The molecule has 2 atom stereocenters. The van der Waals surface area contributed by atoms with Crippen LogP contribution in [0.3, 0.4) is 0 Å². The number of rotatable bonds is 7. The van der Waals surface area contributed by atoms with Crippen LogP contribution < -0.4 is 15.8 Å². The Morgan fingerprint density at radius 2 is 2.05 bits per heavy atom. The zero-order valence-corrected chi connectivity index (χ0v) is 22.7. The van der Waals surface area contributed by atoms with Crippen molar-refractivity contribution >= 4 is 50.5 Å². The summed E-state index contributed by atoms with van der Waals surface area (Å²) in [5.74, 6) is -1.77. The van der Waals surface area contributed by atoms with Crippen LogP contribution in [0.25, 0.3) is 21.5 Å². The molecule has 1 fully saturated rings. The first-order valence-corrected chi connectivity index (χ1v) is 13.7. The Morgan fingerprint density at radius 3 is 2.75 bits per heavy atom. The number of hydrogen-bond acceptors (Lipinski definition) is 8. The van der Waals surface area contributed by atoms with Crippen LogP contribution in [0.2, 0.25) is 5.02 Å². The second-order valence-electron chi connectivity index (χ2n) is 10.4. The van der Waals surface area contributed by atoms with E-state index in [1.54, 1.807) is 13.0 Å². The summed E-state index contributed by atoms with van der Waals surface area (Å²) in [6.07, 6.45) is 2.15. The second-order valence-corrected chi connectivity index (χ2v) is 11.9. The van der Waals surface area contributed by atoms with E-state index in [0.29, 0.717) is 40.1 Å². The SMILES string of the molecule is C[C@]1(C=O)COc2c1cc(C(O)(CNC(=O)c1cc(F)c3nc(N)sc3c1)C1CC1)nc2-c1ccc(F)c(Cl)c1. The molecule has 3 heterocycles. The number of carbonyl (C=O) groups is 2. The van der Waals surface area contributed by atoms with Gasteiger partial charge in [0.25, 0.3) is 5.91 Å². The normalized spacial score (nSPS) is 19.6. The summed E-state index contributed by atoms with van der Waals surface area (Å²) < 4.78 is 34.8. The zero-order valence-electron chi connectivity index (χ0n) is 21.1. The summed E-state index contributed by atoms with van der Waals surface area (Å²) in [6, 6.07) is 8.28. The average Bonchev–Trinajstić information content (AvgIpc) is 3.65. The van der Waals surface area contributed by atoms with Gasteiger partial charge in [0.1, 0.15) is 41.3 Å². The Morgan fingerprint density at radius 1 is 1.27 bits per heavy atom. The molecule has 4 aromatic rings. The lowest BCUT2D eigenvalue weighted by molar-refractivity contribution is -0.112. The Kier molecular flexibility index (Phi) is 6.28. The van der Waals surface area contributed by atoms with Crippen LogP contribution >= 0.6 is 22.9 Å². The van der Waals surface area contributed by atoms with Gasteiger partial charge in [-0.15, -0.1) is 0 Å². The molecule has 1 unspecified atom stereocenters. The molecular weight excluding hydrogens is 562 g/mol. The third-order valence-corrected chi connectivity index (χ3v) is 8.62. The lowest BCUT2D eigenvalue weighted by Crippen LogP contribution is -2.43. The summed E-state index contributed by atoms with van der Waals surface area (Å²) in [5, 5.41) is 14.8. The number of benzene rings is 2. The summed E-state index contributed by atoms with van der Waals surface area (Å²) in [5.41, 5.74) is 4.67. The van der Waals surface area contributed by atoms with Gasteiger partial charge in [0, 0.05) is 16.7 Å². The predicted molar refractivity (Wildman–Crippen MR) is 146 cm³/mol. The summed E-state index contributed by atoms with van der Waals surface area (Å²) in [6.45, 7) is 1.55. The van der Waals surface area contributed by atoms with Crippen LogP contribution in [0.15, 0.2) is 36.4 Å². The molecule has 1 saturated carbocycles. The number of nitrogens with two attached hydrogens (primary N) is 1. The topological polar surface area (TPSA) is 127 Å².